The second-order valence-electron chi connectivity index (χ2n) is 5.78. The molecule has 22 heavy (non-hydrogen) atoms. The quantitative estimate of drug-likeness (QED) is 0.471. The topological polar surface area (TPSA) is 21.6 Å². The average Bonchev–Trinajstić information content (AvgIpc) is 2.55. The fourth-order valence-electron chi connectivity index (χ4n) is 2.08. The lowest BCUT2D eigenvalue weighted by Crippen LogP contribution is -1.96. The molecule has 0 amide bonds. The lowest BCUT2D eigenvalue weighted by molar-refractivity contribution is 0.309. The summed E-state index contributed by atoms with van der Waals surface area (Å²) in [6, 6.07) is 16.5. The third-order valence-electron chi connectivity index (χ3n) is 3.57. The average molecular weight is 295 g/mol. The van der Waals surface area contributed by atoms with Gasteiger partial charge in [-0.3, -0.25) is 4.99 Å². The van der Waals surface area contributed by atoms with Crippen LogP contribution in [0.1, 0.15) is 50.7 Å². The van der Waals surface area contributed by atoms with Crippen LogP contribution >= 0.6 is 0 Å². The number of benzene rings is 2. The SMILES string of the molecule is CCCCOc1ccc(C=Nc2ccc(C(C)C)cc2)cc1. The molecule has 0 N–H and O–H groups in total. The van der Waals surface area contributed by atoms with E-state index in [0.29, 0.717) is 5.92 Å². The van der Waals surface area contributed by atoms with Crippen molar-refractivity contribution in [1.82, 2.24) is 0 Å². The van der Waals surface area contributed by atoms with Crippen LogP contribution in [0.15, 0.2) is 53.5 Å². The first-order chi connectivity index (χ1) is 10.7. The van der Waals surface area contributed by atoms with Crippen LogP contribution < -0.4 is 4.74 Å². The molecule has 0 aliphatic rings. The minimum Gasteiger partial charge on any atom is -0.494 e. The molecule has 0 fully saturated rings. The van der Waals surface area contributed by atoms with Crippen molar-refractivity contribution >= 4 is 11.9 Å². The third-order valence-corrected chi connectivity index (χ3v) is 3.57. The Bertz CT molecular complexity index is 582. The Hall–Kier alpha value is -2.09. The third kappa shape index (κ3) is 5.03. The maximum Gasteiger partial charge on any atom is 0.119 e. The minimum atomic E-state index is 0.554. The van der Waals surface area contributed by atoms with Gasteiger partial charge in [0.15, 0.2) is 0 Å². The van der Waals surface area contributed by atoms with E-state index in [9.17, 15) is 0 Å². The van der Waals surface area contributed by atoms with Gasteiger partial charge in [0.05, 0.1) is 12.3 Å². The van der Waals surface area contributed by atoms with Crippen molar-refractivity contribution < 1.29 is 4.74 Å². The zero-order chi connectivity index (χ0) is 15.8. The van der Waals surface area contributed by atoms with E-state index in [1.165, 1.54) is 5.56 Å². The first kappa shape index (κ1) is 16.3. The Labute approximate surface area is 133 Å². The lowest BCUT2D eigenvalue weighted by atomic mass is 10.0. The maximum absolute atomic E-state index is 5.66. The monoisotopic (exact) mass is 295 g/mol. The van der Waals surface area contributed by atoms with Gasteiger partial charge in [-0.2, -0.15) is 0 Å². The highest BCUT2D eigenvalue weighted by atomic mass is 16.5. The van der Waals surface area contributed by atoms with Crippen molar-refractivity contribution in [3.63, 3.8) is 0 Å². The van der Waals surface area contributed by atoms with Crippen molar-refractivity contribution in [2.75, 3.05) is 6.61 Å². The number of ether oxygens (including phenoxy) is 1. The summed E-state index contributed by atoms with van der Waals surface area (Å²) >= 11 is 0. The summed E-state index contributed by atoms with van der Waals surface area (Å²) in [5, 5.41) is 0. The van der Waals surface area contributed by atoms with Crippen molar-refractivity contribution in [3.8, 4) is 5.75 Å². The summed E-state index contributed by atoms with van der Waals surface area (Å²) in [5.41, 5.74) is 3.40. The van der Waals surface area contributed by atoms with Gasteiger partial charge in [-0.05, 0) is 59.9 Å². The molecule has 0 saturated heterocycles. The molecule has 2 aromatic carbocycles. The molecule has 2 nitrogen and oxygen atoms in total. The van der Waals surface area contributed by atoms with Gasteiger partial charge in [0.1, 0.15) is 5.75 Å². The number of hydrogen-bond acceptors (Lipinski definition) is 2. The molecular weight excluding hydrogens is 270 g/mol. The second-order valence-corrected chi connectivity index (χ2v) is 5.78. The van der Waals surface area contributed by atoms with Gasteiger partial charge in [0, 0.05) is 6.21 Å². The predicted octanol–water partition coefficient (Wildman–Crippen LogP) is 5.74. The molecule has 0 aromatic heterocycles. The van der Waals surface area contributed by atoms with Crippen LogP contribution in [0.4, 0.5) is 5.69 Å². The Morgan fingerprint density at radius 1 is 1.00 bits per heavy atom. The first-order valence-electron chi connectivity index (χ1n) is 8.06. The van der Waals surface area contributed by atoms with Gasteiger partial charge in [0.2, 0.25) is 0 Å². The Morgan fingerprint density at radius 3 is 2.27 bits per heavy atom. The summed E-state index contributed by atoms with van der Waals surface area (Å²) in [6.45, 7) is 7.34. The second kappa shape index (κ2) is 8.38. The molecule has 0 heterocycles. The molecule has 0 spiro atoms. The van der Waals surface area contributed by atoms with Gasteiger partial charge in [-0.1, -0.05) is 39.3 Å². The van der Waals surface area contributed by atoms with Crippen LogP contribution in [-0.2, 0) is 0 Å². The lowest BCUT2D eigenvalue weighted by Gasteiger charge is -2.05. The minimum absolute atomic E-state index is 0.554. The molecule has 0 aliphatic carbocycles. The zero-order valence-electron chi connectivity index (χ0n) is 13.8. The number of nitrogens with zero attached hydrogens (tertiary/aromatic N) is 1. The first-order valence-corrected chi connectivity index (χ1v) is 8.06. The molecule has 116 valence electrons. The van der Waals surface area contributed by atoms with Crippen molar-refractivity contribution in [2.45, 2.75) is 39.5 Å². The summed E-state index contributed by atoms with van der Waals surface area (Å²) in [7, 11) is 0. The molecule has 2 rings (SSSR count). The largest absolute Gasteiger partial charge is 0.494 e. The maximum atomic E-state index is 5.66. The van der Waals surface area contributed by atoms with E-state index in [4.69, 9.17) is 4.74 Å². The van der Waals surface area contributed by atoms with Crippen LogP contribution in [0.3, 0.4) is 0 Å². The fourth-order valence-corrected chi connectivity index (χ4v) is 2.08. The summed E-state index contributed by atoms with van der Waals surface area (Å²) in [4.78, 5) is 4.52. The number of unbranched alkanes of at least 4 members (excludes halogenated alkanes) is 1. The van der Waals surface area contributed by atoms with Crippen molar-refractivity contribution in [3.05, 3.63) is 59.7 Å². The Kier molecular flexibility index (Phi) is 6.20. The fraction of sp³-hybridized carbons (Fsp3) is 0.350. The highest BCUT2D eigenvalue weighted by Gasteiger charge is 1.98. The molecule has 0 radical (unpaired) electrons. The van der Waals surface area contributed by atoms with E-state index in [-0.39, 0.29) is 0 Å². The van der Waals surface area contributed by atoms with Crippen LogP contribution in [0.25, 0.3) is 0 Å². The van der Waals surface area contributed by atoms with Gasteiger partial charge >= 0.3 is 0 Å². The number of rotatable bonds is 7. The van der Waals surface area contributed by atoms with Gasteiger partial charge < -0.3 is 4.74 Å². The predicted molar refractivity (Wildman–Crippen MR) is 94.6 cm³/mol. The van der Waals surface area contributed by atoms with Gasteiger partial charge in [0.25, 0.3) is 0 Å². The molecule has 2 aromatic rings. The summed E-state index contributed by atoms with van der Waals surface area (Å²) in [6.07, 6.45) is 4.14. The van der Waals surface area contributed by atoms with E-state index in [2.05, 4.69) is 50.0 Å². The van der Waals surface area contributed by atoms with Gasteiger partial charge in [-0.25, -0.2) is 0 Å². The van der Waals surface area contributed by atoms with E-state index >= 15 is 0 Å². The molecule has 2 heteroatoms. The highest BCUT2D eigenvalue weighted by Crippen LogP contribution is 2.19. The smallest absolute Gasteiger partial charge is 0.119 e. The molecule has 0 atom stereocenters. The molecule has 0 bridgehead atoms. The molecule has 0 aliphatic heterocycles. The molecular formula is C20H25NO. The summed E-state index contributed by atoms with van der Waals surface area (Å²) in [5.74, 6) is 1.48. The van der Waals surface area contributed by atoms with Crippen molar-refractivity contribution in [1.29, 1.82) is 0 Å². The molecule has 0 saturated carbocycles. The van der Waals surface area contributed by atoms with E-state index in [1.807, 2.05) is 30.5 Å². The number of aliphatic imine (C=N–C) groups is 1. The van der Waals surface area contributed by atoms with Gasteiger partial charge in [-0.15, -0.1) is 0 Å². The van der Waals surface area contributed by atoms with E-state index in [0.717, 1.165) is 36.4 Å². The molecule has 0 unspecified atom stereocenters. The number of hydrogen-bond donors (Lipinski definition) is 0. The van der Waals surface area contributed by atoms with E-state index < -0.39 is 0 Å². The Balaban J connectivity index is 1.94. The van der Waals surface area contributed by atoms with Crippen LogP contribution in [-0.4, -0.2) is 12.8 Å². The van der Waals surface area contributed by atoms with Crippen LogP contribution in [0, 0.1) is 0 Å². The van der Waals surface area contributed by atoms with Crippen LogP contribution in [0.2, 0.25) is 0 Å². The van der Waals surface area contributed by atoms with E-state index in [1.54, 1.807) is 0 Å². The van der Waals surface area contributed by atoms with Crippen LogP contribution in [0.5, 0.6) is 5.75 Å². The standard InChI is InChI=1S/C20H25NO/c1-4-5-14-22-20-12-6-17(7-13-20)15-21-19-10-8-18(9-11-19)16(2)3/h6-13,15-16H,4-5,14H2,1-3H3. The normalized spacial score (nSPS) is 11.3. The summed E-state index contributed by atoms with van der Waals surface area (Å²) < 4.78 is 5.66. The highest BCUT2D eigenvalue weighted by molar-refractivity contribution is 5.82. The zero-order valence-corrected chi connectivity index (χ0v) is 13.8. The van der Waals surface area contributed by atoms with Crippen molar-refractivity contribution in [2.24, 2.45) is 4.99 Å². The Morgan fingerprint density at radius 2 is 1.68 bits per heavy atom.